The van der Waals surface area contributed by atoms with Crippen LogP contribution in [0.15, 0.2) is 12.1 Å². The maximum absolute atomic E-state index is 5.46. The molecule has 1 aromatic rings. The molecule has 1 aliphatic heterocycles. The Labute approximate surface area is 116 Å². The summed E-state index contributed by atoms with van der Waals surface area (Å²) in [4.78, 5) is 0. The Hall–Kier alpha value is -1.22. The summed E-state index contributed by atoms with van der Waals surface area (Å²) < 4.78 is 12.0. The molecule has 1 unspecified atom stereocenters. The zero-order valence-electron chi connectivity index (χ0n) is 12.8. The highest BCUT2D eigenvalue weighted by atomic mass is 16.5. The Morgan fingerprint density at radius 2 is 1.79 bits per heavy atom. The van der Waals surface area contributed by atoms with Crippen molar-refractivity contribution in [2.75, 3.05) is 34.9 Å². The second kappa shape index (κ2) is 5.41. The van der Waals surface area contributed by atoms with Gasteiger partial charge in [0.1, 0.15) is 6.04 Å². The Bertz CT molecular complexity index is 454. The van der Waals surface area contributed by atoms with Gasteiger partial charge in [-0.1, -0.05) is 13.3 Å². The molecule has 1 atom stereocenters. The van der Waals surface area contributed by atoms with Gasteiger partial charge in [-0.25, -0.2) is 0 Å². The van der Waals surface area contributed by atoms with E-state index in [4.69, 9.17) is 9.47 Å². The first-order valence-electron chi connectivity index (χ1n) is 7.11. The molecule has 0 amide bonds. The highest BCUT2D eigenvalue weighted by molar-refractivity contribution is 5.48. The van der Waals surface area contributed by atoms with Gasteiger partial charge in [0.2, 0.25) is 0 Å². The van der Waals surface area contributed by atoms with Crippen LogP contribution in [0.1, 0.15) is 36.9 Å². The van der Waals surface area contributed by atoms with Crippen LogP contribution in [-0.2, 0) is 6.42 Å². The SMILES string of the molecule is CCCC1c2cc(OC)c(OC)cc2CC[N+]1(C)C. The van der Waals surface area contributed by atoms with Crippen molar-refractivity contribution >= 4 is 0 Å². The van der Waals surface area contributed by atoms with Gasteiger partial charge >= 0.3 is 0 Å². The van der Waals surface area contributed by atoms with Gasteiger partial charge in [-0.15, -0.1) is 0 Å². The molecule has 0 saturated heterocycles. The molecule has 1 aliphatic rings. The van der Waals surface area contributed by atoms with E-state index in [0.717, 1.165) is 22.4 Å². The zero-order valence-corrected chi connectivity index (χ0v) is 12.8. The fourth-order valence-corrected chi connectivity index (χ4v) is 3.18. The predicted molar refractivity (Wildman–Crippen MR) is 77.9 cm³/mol. The number of hydrogen-bond acceptors (Lipinski definition) is 2. The molecule has 0 aromatic heterocycles. The van der Waals surface area contributed by atoms with Crippen molar-refractivity contribution in [1.29, 1.82) is 0 Å². The lowest BCUT2D eigenvalue weighted by Crippen LogP contribution is -2.47. The van der Waals surface area contributed by atoms with Gasteiger partial charge in [0.05, 0.1) is 34.9 Å². The summed E-state index contributed by atoms with van der Waals surface area (Å²) >= 11 is 0. The van der Waals surface area contributed by atoms with Gasteiger partial charge in [-0.05, 0) is 17.7 Å². The summed E-state index contributed by atoms with van der Waals surface area (Å²) in [5, 5.41) is 0. The first-order chi connectivity index (χ1) is 9.03. The van der Waals surface area contributed by atoms with Crippen LogP contribution in [0.25, 0.3) is 0 Å². The smallest absolute Gasteiger partial charge is 0.161 e. The molecule has 0 radical (unpaired) electrons. The number of likely N-dealkylation sites (N-methyl/N-ethyl adjacent to an activating group) is 1. The van der Waals surface area contributed by atoms with E-state index in [1.54, 1.807) is 14.2 Å². The van der Waals surface area contributed by atoms with Crippen molar-refractivity contribution in [3.63, 3.8) is 0 Å². The van der Waals surface area contributed by atoms with Crippen LogP contribution in [0.4, 0.5) is 0 Å². The monoisotopic (exact) mass is 264 g/mol. The number of hydrogen-bond donors (Lipinski definition) is 0. The third kappa shape index (κ3) is 2.57. The summed E-state index contributed by atoms with van der Waals surface area (Å²) in [7, 11) is 8.08. The molecule has 0 aliphatic carbocycles. The van der Waals surface area contributed by atoms with Gasteiger partial charge in [0.25, 0.3) is 0 Å². The van der Waals surface area contributed by atoms with Crippen molar-refractivity contribution in [3.8, 4) is 11.5 Å². The standard InChI is InChI=1S/C16H26NO2/c1-6-7-14-13-11-16(19-5)15(18-4)10-12(13)8-9-17(14,2)3/h10-11,14H,6-9H2,1-5H3/q+1. The number of fused-ring (bicyclic) bond motifs is 1. The van der Waals surface area contributed by atoms with Crippen molar-refractivity contribution in [2.24, 2.45) is 0 Å². The number of methoxy groups -OCH3 is 2. The number of benzene rings is 1. The van der Waals surface area contributed by atoms with E-state index >= 15 is 0 Å². The van der Waals surface area contributed by atoms with Crippen molar-refractivity contribution in [3.05, 3.63) is 23.3 Å². The minimum absolute atomic E-state index is 0.563. The Kier molecular flexibility index (Phi) is 4.04. The molecule has 0 fully saturated rings. The van der Waals surface area contributed by atoms with E-state index in [1.807, 2.05) is 0 Å². The zero-order chi connectivity index (χ0) is 14.0. The molecular formula is C16H26NO2+. The number of quaternary nitrogens is 1. The molecular weight excluding hydrogens is 238 g/mol. The van der Waals surface area contributed by atoms with Crippen LogP contribution < -0.4 is 9.47 Å². The summed E-state index contributed by atoms with van der Waals surface area (Å²) in [5.74, 6) is 1.70. The second-order valence-electron chi connectivity index (χ2n) is 5.96. The highest BCUT2D eigenvalue weighted by Crippen LogP contribution is 2.41. The summed E-state index contributed by atoms with van der Waals surface area (Å²) in [6.45, 7) is 3.45. The molecule has 0 bridgehead atoms. The maximum Gasteiger partial charge on any atom is 0.161 e. The third-order valence-electron chi connectivity index (χ3n) is 4.37. The molecule has 0 spiro atoms. The van der Waals surface area contributed by atoms with E-state index in [9.17, 15) is 0 Å². The highest BCUT2D eigenvalue weighted by Gasteiger charge is 2.35. The molecule has 3 heteroatoms. The van der Waals surface area contributed by atoms with Crippen molar-refractivity contribution < 1.29 is 14.0 Å². The molecule has 106 valence electrons. The normalized spacial score (nSPS) is 20.8. The maximum atomic E-state index is 5.46. The average molecular weight is 264 g/mol. The molecule has 3 nitrogen and oxygen atoms in total. The summed E-state index contributed by atoms with van der Waals surface area (Å²) in [5.41, 5.74) is 2.87. The van der Waals surface area contributed by atoms with Crippen LogP contribution in [0.2, 0.25) is 0 Å². The van der Waals surface area contributed by atoms with Crippen molar-refractivity contribution in [2.45, 2.75) is 32.2 Å². The van der Waals surface area contributed by atoms with E-state index in [-0.39, 0.29) is 0 Å². The van der Waals surface area contributed by atoms with Crippen LogP contribution >= 0.6 is 0 Å². The van der Waals surface area contributed by atoms with E-state index in [0.29, 0.717) is 6.04 Å². The third-order valence-corrected chi connectivity index (χ3v) is 4.37. The van der Waals surface area contributed by atoms with Crippen LogP contribution in [0.3, 0.4) is 0 Å². The van der Waals surface area contributed by atoms with E-state index in [2.05, 4.69) is 33.2 Å². The minimum Gasteiger partial charge on any atom is -0.493 e. The topological polar surface area (TPSA) is 18.5 Å². The predicted octanol–water partition coefficient (Wildman–Crippen LogP) is 3.18. The first-order valence-corrected chi connectivity index (χ1v) is 7.11. The van der Waals surface area contributed by atoms with Gasteiger partial charge in [-0.3, -0.25) is 0 Å². The molecule has 19 heavy (non-hydrogen) atoms. The van der Waals surface area contributed by atoms with Crippen LogP contribution in [-0.4, -0.2) is 39.3 Å². The molecule has 1 heterocycles. The average Bonchev–Trinajstić information content (AvgIpc) is 2.40. The fourth-order valence-electron chi connectivity index (χ4n) is 3.18. The van der Waals surface area contributed by atoms with Gasteiger partial charge in [0, 0.05) is 18.4 Å². The van der Waals surface area contributed by atoms with Gasteiger partial charge < -0.3 is 14.0 Å². The van der Waals surface area contributed by atoms with E-state index < -0.39 is 0 Å². The first kappa shape index (κ1) is 14.2. The number of nitrogens with zero attached hydrogens (tertiary/aromatic N) is 1. The molecule has 0 saturated carbocycles. The Morgan fingerprint density at radius 3 is 2.37 bits per heavy atom. The van der Waals surface area contributed by atoms with Crippen LogP contribution in [0.5, 0.6) is 11.5 Å². The molecule has 0 N–H and O–H groups in total. The van der Waals surface area contributed by atoms with Gasteiger partial charge in [0.15, 0.2) is 11.5 Å². The largest absolute Gasteiger partial charge is 0.493 e. The van der Waals surface area contributed by atoms with Crippen LogP contribution in [0, 0.1) is 0 Å². The van der Waals surface area contributed by atoms with E-state index in [1.165, 1.54) is 30.5 Å². The fraction of sp³-hybridized carbons (Fsp3) is 0.625. The Morgan fingerprint density at radius 1 is 1.16 bits per heavy atom. The summed E-state index contributed by atoms with van der Waals surface area (Å²) in [6.07, 6.45) is 3.54. The summed E-state index contributed by atoms with van der Waals surface area (Å²) in [6, 6.07) is 4.91. The quantitative estimate of drug-likeness (QED) is 0.778. The number of rotatable bonds is 4. The Balaban J connectivity index is 2.50. The van der Waals surface area contributed by atoms with Crippen molar-refractivity contribution in [1.82, 2.24) is 0 Å². The lowest BCUT2D eigenvalue weighted by atomic mass is 9.88. The number of ether oxygens (including phenoxy) is 2. The van der Waals surface area contributed by atoms with Gasteiger partial charge in [-0.2, -0.15) is 0 Å². The lowest BCUT2D eigenvalue weighted by Gasteiger charge is -2.43. The second-order valence-corrected chi connectivity index (χ2v) is 5.96. The lowest BCUT2D eigenvalue weighted by molar-refractivity contribution is -0.923. The minimum atomic E-state index is 0.563. The molecule has 2 rings (SSSR count). The molecule has 1 aromatic carbocycles.